The molecule has 2 aromatic carbocycles. The fraction of sp³-hybridized carbons (Fsp3) is 0.143. The van der Waals surface area contributed by atoms with E-state index in [1.54, 1.807) is 41.2 Å². The van der Waals surface area contributed by atoms with Crippen molar-refractivity contribution < 1.29 is 23.9 Å². The Morgan fingerprint density at radius 3 is 2.55 bits per heavy atom. The summed E-state index contributed by atoms with van der Waals surface area (Å²) >= 11 is 0. The van der Waals surface area contributed by atoms with Crippen LogP contribution in [0.3, 0.4) is 0 Å². The molecule has 29 heavy (non-hydrogen) atoms. The van der Waals surface area contributed by atoms with Crippen molar-refractivity contribution in [2.75, 3.05) is 19.0 Å². The second-order valence-electron chi connectivity index (χ2n) is 6.08. The number of ether oxygens (including phenoxy) is 2. The molecule has 148 valence electrons. The Kier molecular flexibility index (Phi) is 6.36. The molecule has 0 aliphatic carbocycles. The number of amides is 1. The lowest BCUT2D eigenvalue weighted by Gasteiger charge is -2.08. The third-order valence-electron chi connectivity index (χ3n) is 3.99. The highest BCUT2D eigenvalue weighted by atomic mass is 16.5. The number of benzene rings is 2. The average Bonchev–Trinajstić information content (AvgIpc) is 3.27. The van der Waals surface area contributed by atoms with Crippen LogP contribution in [0.5, 0.6) is 0 Å². The van der Waals surface area contributed by atoms with Crippen LogP contribution in [0.1, 0.15) is 15.9 Å². The van der Waals surface area contributed by atoms with Gasteiger partial charge in [0.2, 0.25) is 0 Å². The van der Waals surface area contributed by atoms with Gasteiger partial charge in [-0.25, -0.2) is 9.48 Å². The van der Waals surface area contributed by atoms with Gasteiger partial charge in [-0.15, -0.1) is 0 Å². The predicted octanol–water partition coefficient (Wildman–Crippen LogP) is 2.38. The maximum atomic E-state index is 12.0. The van der Waals surface area contributed by atoms with Crippen LogP contribution in [0.4, 0.5) is 5.69 Å². The van der Waals surface area contributed by atoms with Crippen LogP contribution >= 0.6 is 0 Å². The zero-order valence-electron chi connectivity index (χ0n) is 15.7. The van der Waals surface area contributed by atoms with Gasteiger partial charge in [0.15, 0.2) is 6.61 Å². The summed E-state index contributed by atoms with van der Waals surface area (Å²) in [7, 11) is 1.28. The zero-order valence-corrected chi connectivity index (χ0v) is 15.7. The molecular weight excluding hydrogens is 374 g/mol. The number of carbonyl (C=O) groups excluding carboxylic acids is 3. The standard InChI is InChI=1S/C21H19N3O5/c1-28-21(27)16-4-2-5-17(13-16)23-19(25)14-29-20(26)12-15-6-8-18(9-7-15)24-11-3-10-22-24/h2-11,13H,12,14H2,1H3,(H,23,25). The van der Waals surface area contributed by atoms with Crippen LogP contribution in [0.2, 0.25) is 0 Å². The molecule has 1 amide bonds. The van der Waals surface area contributed by atoms with Gasteiger partial charge >= 0.3 is 11.9 Å². The number of anilines is 1. The summed E-state index contributed by atoms with van der Waals surface area (Å²) in [5.74, 6) is -1.53. The van der Waals surface area contributed by atoms with Gasteiger partial charge in [-0.2, -0.15) is 5.10 Å². The highest BCUT2D eigenvalue weighted by Crippen LogP contribution is 2.12. The summed E-state index contributed by atoms with van der Waals surface area (Å²) in [4.78, 5) is 35.5. The van der Waals surface area contributed by atoms with Crippen molar-refractivity contribution in [1.29, 1.82) is 0 Å². The Labute approximate surface area is 167 Å². The van der Waals surface area contributed by atoms with Crippen LogP contribution in [0.25, 0.3) is 5.69 Å². The number of methoxy groups -OCH3 is 1. The van der Waals surface area contributed by atoms with Crippen molar-refractivity contribution in [3.8, 4) is 5.69 Å². The van der Waals surface area contributed by atoms with E-state index < -0.39 is 24.5 Å². The van der Waals surface area contributed by atoms with E-state index in [9.17, 15) is 14.4 Å². The quantitative estimate of drug-likeness (QED) is 0.619. The molecule has 0 aliphatic rings. The first-order chi connectivity index (χ1) is 14.0. The van der Waals surface area contributed by atoms with Gasteiger partial charge in [0, 0.05) is 18.1 Å². The molecule has 1 heterocycles. The van der Waals surface area contributed by atoms with Crippen molar-refractivity contribution in [2.24, 2.45) is 0 Å². The van der Waals surface area contributed by atoms with Crippen LogP contribution in [0.15, 0.2) is 67.0 Å². The lowest BCUT2D eigenvalue weighted by Crippen LogP contribution is -2.21. The van der Waals surface area contributed by atoms with Crippen molar-refractivity contribution >= 4 is 23.5 Å². The summed E-state index contributed by atoms with van der Waals surface area (Å²) in [5.41, 5.74) is 2.35. The molecule has 1 aromatic heterocycles. The van der Waals surface area contributed by atoms with Crippen molar-refractivity contribution in [3.05, 3.63) is 78.1 Å². The number of rotatable bonds is 7. The Hall–Kier alpha value is -3.94. The fourth-order valence-corrected chi connectivity index (χ4v) is 2.59. The van der Waals surface area contributed by atoms with Gasteiger partial charge in [0.25, 0.3) is 5.91 Å². The van der Waals surface area contributed by atoms with E-state index in [0.29, 0.717) is 11.3 Å². The molecule has 8 nitrogen and oxygen atoms in total. The van der Waals surface area contributed by atoms with Gasteiger partial charge in [-0.05, 0) is 42.0 Å². The number of carbonyl (C=O) groups is 3. The summed E-state index contributed by atoms with van der Waals surface area (Å²) in [6, 6.07) is 15.4. The van der Waals surface area contributed by atoms with Crippen LogP contribution < -0.4 is 5.32 Å². The molecule has 0 aliphatic heterocycles. The van der Waals surface area contributed by atoms with Crippen molar-refractivity contribution in [2.45, 2.75) is 6.42 Å². The Bertz CT molecular complexity index is 997. The number of hydrogen-bond donors (Lipinski definition) is 1. The first-order valence-electron chi connectivity index (χ1n) is 8.78. The minimum atomic E-state index is -0.518. The van der Waals surface area contributed by atoms with Crippen molar-refractivity contribution in [1.82, 2.24) is 9.78 Å². The first-order valence-corrected chi connectivity index (χ1v) is 8.78. The van der Waals surface area contributed by atoms with Crippen LogP contribution in [-0.4, -0.2) is 41.3 Å². The Balaban J connectivity index is 1.48. The van der Waals surface area contributed by atoms with Gasteiger partial charge in [0.05, 0.1) is 24.8 Å². The average molecular weight is 393 g/mol. The van der Waals surface area contributed by atoms with Crippen molar-refractivity contribution in [3.63, 3.8) is 0 Å². The monoisotopic (exact) mass is 393 g/mol. The van der Waals surface area contributed by atoms with E-state index >= 15 is 0 Å². The van der Waals surface area contributed by atoms with E-state index in [0.717, 1.165) is 11.3 Å². The van der Waals surface area contributed by atoms with E-state index in [1.165, 1.54) is 13.2 Å². The molecule has 0 fully saturated rings. The molecule has 0 spiro atoms. The van der Waals surface area contributed by atoms with E-state index in [4.69, 9.17) is 4.74 Å². The van der Waals surface area contributed by atoms with E-state index in [1.807, 2.05) is 24.4 Å². The maximum absolute atomic E-state index is 12.0. The van der Waals surface area contributed by atoms with E-state index in [-0.39, 0.29) is 6.42 Å². The van der Waals surface area contributed by atoms with Gasteiger partial charge in [-0.1, -0.05) is 18.2 Å². The molecule has 0 bridgehead atoms. The number of nitrogens with zero attached hydrogens (tertiary/aromatic N) is 2. The summed E-state index contributed by atoms with van der Waals surface area (Å²) in [5, 5.41) is 6.71. The molecule has 1 N–H and O–H groups in total. The third-order valence-corrected chi connectivity index (χ3v) is 3.99. The third kappa shape index (κ3) is 5.52. The summed E-state index contributed by atoms with van der Waals surface area (Å²) < 4.78 is 11.4. The first kappa shape index (κ1) is 19.8. The molecule has 0 unspecified atom stereocenters. The maximum Gasteiger partial charge on any atom is 0.337 e. The molecule has 0 saturated carbocycles. The summed E-state index contributed by atoms with van der Waals surface area (Å²) in [6.07, 6.45) is 3.55. The molecule has 0 atom stereocenters. The smallest absolute Gasteiger partial charge is 0.337 e. The lowest BCUT2D eigenvalue weighted by atomic mass is 10.1. The Morgan fingerprint density at radius 2 is 1.86 bits per heavy atom. The number of nitrogens with one attached hydrogen (secondary N) is 1. The minimum Gasteiger partial charge on any atom is -0.465 e. The number of esters is 2. The van der Waals surface area contributed by atoms with E-state index in [2.05, 4.69) is 15.2 Å². The SMILES string of the molecule is COC(=O)c1cccc(NC(=O)COC(=O)Cc2ccc(-n3cccn3)cc2)c1. The molecule has 3 rings (SSSR count). The van der Waals surface area contributed by atoms with Gasteiger partial charge in [0.1, 0.15) is 0 Å². The minimum absolute atomic E-state index is 0.0461. The molecular formula is C21H19N3O5. The second-order valence-corrected chi connectivity index (χ2v) is 6.08. The number of aromatic nitrogens is 2. The lowest BCUT2D eigenvalue weighted by molar-refractivity contribution is -0.146. The van der Waals surface area contributed by atoms with Gasteiger partial charge < -0.3 is 14.8 Å². The fourth-order valence-electron chi connectivity index (χ4n) is 2.59. The topological polar surface area (TPSA) is 99.5 Å². The largest absolute Gasteiger partial charge is 0.465 e. The normalized spacial score (nSPS) is 10.2. The second kappa shape index (κ2) is 9.32. The Morgan fingerprint density at radius 1 is 1.07 bits per heavy atom. The summed E-state index contributed by atoms with van der Waals surface area (Å²) in [6.45, 7) is -0.424. The highest BCUT2D eigenvalue weighted by Gasteiger charge is 2.11. The van der Waals surface area contributed by atoms with Gasteiger partial charge in [-0.3, -0.25) is 9.59 Å². The zero-order chi connectivity index (χ0) is 20.6. The highest BCUT2D eigenvalue weighted by molar-refractivity contribution is 5.95. The predicted molar refractivity (Wildman–Crippen MR) is 105 cm³/mol. The molecule has 0 radical (unpaired) electrons. The van der Waals surface area contributed by atoms with Crippen LogP contribution in [-0.2, 0) is 25.5 Å². The molecule has 3 aromatic rings. The van der Waals surface area contributed by atoms with Crippen LogP contribution in [0, 0.1) is 0 Å². The number of hydrogen-bond acceptors (Lipinski definition) is 6. The molecule has 8 heteroatoms. The molecule has 0 saturated heterocycles.